The fourth-order valence-electron chi connectivity index (χ4n) is 1.49. The van der Waals surface area contributed by atoms with Crippen LogP contribution in [0.1, 0.15) is 23.7 Å². The molecule has 1 aromatic rings. The molecule has 0 heterocycles. The van der Waals surface area contributed by atoms with Crippen molar-refractivity contribution in [3.63, 3.8) is 0 Å². The zero-order chi connectivity index (χ0) is 16.0. The lowest BCUT2D eigenvalue weighted by molar-refractivity contribution is 0.0596. The molecule has 0 aromatic heterocycles. The number of rotatable bonds is 5. The molecule has 0 saturated heterocycles. The van der Waals surface area contributed by atoms with E-state index in [1.54, 1.807) is 0 Å². The van der Waals surface area contributed by atoms with Crippen molar-refractivity contribution in [1.82, 2.24) is 10.0 Å². The summed E-state index contributed by atoms with van der Waals surface area (Å²) in [5.41, 5.74) is 5.46. The summed E-state index contributed by atoms with van der Waals surface area (Å²) in [6.07, 6.45) is 0.652. The standard InChI is InChI=1S/C12H17N3O5S/c1-3-6-14-12(17)15-21(18,19)10-7-8(13)4-5-9(10)11(16)20-2/h4-5,7H,3,6,13H2,1-2H3,(H2,14,15,17). The zero-order valence-corrected chi connectivity index (χ0v) is 12.5. The highest BCUT2D eigenvalue weighted by Gasteiger charge is 2.25. The average molecular weight is 315 g/mol. The van der Waals surface area contributed by atoms with Crippen molar-refractivity contribution >= 4 is 27.7 Å². The Hall–Kier alpha value is -2.29. The highest BCUT2D eigenvalue weighted by atomic mass is 32.2. The fourth-order valence-corrected chi connectivity index (χ4v) is 2.65. The molecule has 0 atom stereocenters. The van der Waals surface area contributed by atoms with Gasteiger partial charge in [-0.3, -0.25) is 0 Å². The molecule has 2 amide bonds. The summed E-state index contributed by atoms with van der Waals surface area (Å²) < 4.78 is 30.6. The fraction of sp³-hybridized carbons (Fsp3) is 0.333. The van der Waals surface area contributed by atoms with Crippen LogP contribution in [0.4, 0.5) is 10.5 Å². The normalized spacial score (nSPS) is 10.8. The minimum atomic E-state index is -4.24. The van der Waals surface area contributed by atoms with E-state index in [9.17, 15) is 18.0 Å². The van der Waals surface area contributed by atoms with Crippen molar-refractivity contribution in [1.29, 1.82) is 0 Å². The molecule has 0 radical (unpaired) electrons. The van der Waals surface area contributed by atoms with Crippen LogP contribution in [0, 0.1) is 0 Å². The average Bonchev–Trinajstić information content (AvgIpc) is 2.43. The number of amides is 2. The number of methoxy groups -OCH3 is 1. The highest BCUT2D eigenvalue weighted by Crippen LogP contribution is 2.19. The van der Waals surface area contributed by atoms with Gasteiger partial charge in [-0.25, -0.2) is 22.7 Å². The molecule has 1 aromatic carbocycles. The Morgan fingerprint density at radius 2 is 2.00 bits per heavy atom. The van der Waals surface area contributed by atoms with E-state index in [2.05, 4.69) is 10.1 Å². The SMILES string of the molecule is CCCNC(=O)NS(=O)(=O)c1cc(N)ccc1C(=O)OC. The second-order valence-corrected chi connectivity index (χ2v) is 5.76. The second-order valence-electron chi connectivity index (χ2n) is 4.11. The Kier molecular flexibility index (Phi) is 5.53. The molecule has 0 saturated carbocycles. The summed E-state index contributed by atoms with van der Waals surface area (Å²) in [5.74, 6) is -0.843. The van der Waals surface area contributed by atoms with Crippen molar-refractivity contribution in [2.24, 2.45) is 0 Å². The number of carbonyl (C=O) groups excluding carboxylic acids is 2. The first-order chi connectivity index (χ1) is 9.81. The number of hydrogen-bond donors (Lipinski definition) is 3. The Bertz CT molecular complexity index is 642. The zero-order valence-electron chi connectivity index (χ0n) is 11.7. The topological polar surface area (TPSA) is 128 Å². The lowest BCUT2D eigenvalue weighted by atomic mass is 10.2. The molecule has 0 bridgehead atoms. The molecule has 4 N–H and O–H groups in total. The monoisotopic (exact) mass is 315 g/mol. The molecule has 21 heavy (non-hydrogen) atoms. The van der Waals surface area contributed by atoms with Gasteiger partial charge in [0.05, 0.1) is 12.7 Å². The van der Waals surface area contributed by atoms with E-state index >= 15 is 0 Å². The Labute approximate surface area is 122 Å². The van der Waals surface area contributed by atoms with Gasteiger partial charge in [0.25, 0.3) is 10.0 Å². The number of esters is 1. The van der Waals surface area contributed by atoms with E-state index in [1.807, 2.05) is 11.6 Å². The molecular weight excluding hydrogens is 298 g/mol. The summed E-state index contributed by atoms with van der Waals surface area (Å²) >= 11 is 0. The van der Waals surface area contributed by atoms with Crippen LogP contribution in [0.15, 0.2) is 23.1 Å². The molecule has 8 nitrogen and oxygen atoms in total. The molecule has 0 fully saturated rings. The van der Waals surface area contributed by atoms with Crippen molar-refractivity contribution in [3.8, 4) is 0 Å². The van der Waals surface area contributed by atoms with Gasteiger partial charge in [-0.05, 0) is 24.6 Å². The molecule has 0 aliphatic carbocycles. The third-order valence-electron chi connectivity index (χ3n) is 2.46. The Morgan fingerprint density at radius 1 is 1.33 bits per heavy atom. The van der Waals surface area contributed by atoms with Gasteiger partial charge < -0.3 is 15.8 Å². The number of nitrogens with one attached hydrogen (secondary N) is 2. The number of sulfonamides is 1. The number of benzene rings is 1. The number of carbonyl (C=O) groups is 2. The van der Waals surface area contributed by atoms with Crippen LogP contribution in [0.3, 0.4) is 0 Å². The van der Waals surface area contributed by atoms with Crippen LogP contribution in [0.5, 0.6) is 0 Å². The summed E-state index contributed by atoms with van der Waals surface area (Å²) in [6.45, 7) is 2.14. The lowest BCUT2D eigenvalue weighted by Crippen LogP contribution is -2.40. The molecule has 0 aliphatic heterocycles. The third kappa shape index (κ3) is 4.35. The quantitative estimate of drug-likeness (QED) is 0.535. The van der Waals surface area contributed by atoms with Gasteiger partial charge in [0.15, 0.2) is 0 Å². The van der Waals surface area contributed by atoms with Gasteiger partial charge in [-0.2, -0.15) is 0 Å². The van der Waals surface area contributed by atoms with Gasteiger partial charge in [0, 0.05) is 12.2 Å². The van der Waals surface area contributed by atoms with E-state index in [1.165, 1.54) is 12.1 Å². The van der Waals surface area contributed by atoms with Crippen LogP contribution in [-0.2, 0) is 14.8 Å². The van der Waals surface area contributed by atoms with E-state index < -0.39 is 26.9 Å². The number of anilines is 1. The van der Waals surface area contributed by atoms with Crippen molar-refractivity contribution < 1.29 is 22.7 Å². The van der Waals surface area contributed by atoms with Crippen LogP contribution >= 0.6 is 0 Å². The highest BCUT2D eigenvalue weighted by molar-refractivity contribution is 7.90. The van der Waals surface area contributed by atoms with Gasteiger partial charge in [-0.15, -0.1) is 0 Å². The summed E-state index contributed by atoms with van der Waals surface area (Å²) in [5, 5.41) is 2.36. The smallest absolute Gasteiger partial charge is 0.339 e. The predicted molar refractivity (Wildman–Crippen MR) is 76.2 cm³/mol. The molecule has 1 rings (SSSR count). The van der Waals surface area contributed by atoms with Crippen LogP contribution in [0.25, 0.3) is 0 Å². The summed E-state index contributed by atoms with van der Waals surface area (Å²) in [4.78, 5) is 22.7. The van der Waals surface area contributed by atoms with Crippen LogP contribution in [0.2, 0.25) is 0 Å². The summed E-state index contributed by atoms with van der Waals surface area (Å²) in [7, 11) is -3.12. The van der Waals surface area contributed by atoms with Gasteiger partial charge in [0.1, 0.15) is 4.90 Å². The van der Waals surface area contributed by atoms with Gasteiger partial charge in [0.2, 0.25) is 0 Å². The second kappa shape index (κ2) is 6.93. The first-order valence-electron chi connectivity index (χ1n) is 6.10. The molecule has 9 heteroatoms. The minimum absolute atomic E-state index is 0.136. The largest absolute Gasteiger partial charge is 0.465 e. The van der Waals surface area contributed by atoms with Crippen molar-refractivity contribution in [2.75, 3.05) is 19.4 Å². The number of ether oxygens (including phenoxy) is 1. The van der Waals surface area contributed by atoms with E-state index in [4.69, 9.17) is 5.73 Å². The van der Waals surface area contributed by atoms with Crippen LogP contribution in [-0.4, -0.2) is 34.1 Å². The lowest BCUT2D eigenvalue weighted by Gasteiger charge is -2.11. The molecule has 0 unspecified atom stereocenters. The first kappa shape index (κ1) is 16.8. The maximum Gasteiger partial charge on any atom is 0.339 e. The van der Waals surface area contributed by atoms with Gasteiger partial charge >= 0.3 is 12.0 Å². The van der Waals surface area contributed by atoms with Crippen molar-refractivity contribution in [3.05, 3.63) is 23.8 Å². The van der Waals surface area contributed by atoms with Gasteiger partial charge in [-0.1, -0.05) is 6.92 Å². The van der Waals surface area contributed by atoms with E-state index in [0.29, 0.717) is 13.0 Å². The molecule has 116 valence electrons. The maximum atomic E-state index is 12.2. The Morgan fingerprint density at radius 3 is 2.57 bits per heavy atom. The number of hydrogen-bond acceptors (Lipinski definition) is 6. The van der Waals surface area contributed by atoms with E-state index in [0.717, 1.165) is 13.2 Å². The minimum Gasteiger partial charge on any atom is -0.465 e. The van der Waals surface area contributed by atoms with Crippen molar-refractivity contribution in [2.45, 2.75) is 18.2 Å². The maximum absolute atomic E-state index is 12.2. The third-order valence-corrected chi connectivity index (χ3v) is 3.83. The number of nitrogen functional groups attached to an aromatic ring is 1. The molecule has 0 aliphatic rings. The van der Waals surface area contributed by atoms with E-state index in [-0.39, 0.29) is 11.3 Å². The Balaban J connectivity index is 3.15. The van der Waals surface area contributed by atoms with Crippen LogP contribution < -0.4 is 15.8 Å². The molecular formula is C12H17N3O5S. The first-order valence-corrected chi connectivity index (χ1v) is 7.58. The molecule has 0 spiro atoms. The summed E-state index contributed by atoms with van der Waals surface area (Å²) in [6, 6.07) is 2.79. The predicted octanol–water partition coefficient (Wildman–Crippen LogP) is 0.453. The number of nitrogens with two attached hydrogens (primary N) is 1. The number of urea groups is 1.